The van der Waals surface area contributed by atoms with Gasteiger partial charge >= 0.3 is 5.97 Å². The Hall–Kier alpha value is -2.94. The first-order chi connectivity index (χ1) is 11.1. The van der Waals surface area contributed by atoms with E-state index in [-0.39, 0.29) is 5.56 Å². The molecule has 0 saturated carbocycles. The van der Waals surface area contributed by atoms with Crippen molar-refractivity contribution in [3.05, 3.63) is 41.2 Å². The molecule has 1 aromatic carbocycles. The van der Waals surface area contributed by atoms with Gasteiger partial charge in [0.05, 0.1) is 11.1 Å². The maximum atomic E-state index is 12.1. The summed E-state index contributed by atoms with van der Waals surface area (Å²) >= 11 is 1.24. The molecule has 2 aromatic heterocycles. The molecule has 23 heavy (non-hydrogen) atoms. The average molecular weight is 329 g/mol. The lowest BCUT2D eigenvalue weighted by atomic mass is 10.2. The van der Waals surface area contributed by atoms with Gasteiger partial charge in [-0.25, -0.2) is 4.79 Å². The lowest BCUT2D eigenvalue weighted by Gasteiger charge is -2.06. The van der Waals surface area contributed by atoms with Crippen LogP contribution in [0.5, 0.6) is 0 Å². The van der Waals surface area contributed by atoms with Crippen LogP contribution in [-0.2, 0) is 9.53 Å². The molecule has 116 valence electrons. The number of nitrogens with zero attached hydrogens (tertiary/aromatic N) is 4. The number of benzene rings is 1. The Morgan fingerprint density at radius 2 is 2.04 bits per heavy atom. The molecule has 1 amide bonds. The summed E-state index contributed by atoms with van der Waals surface area (Å²) in [5.74, 6) is -1.12. The zero-order chi connectivity index (χ0) is 16.2. The third kappa shape index (κ3) is 3.46. The summed E-state index contributed by atoms with van der Waals surface area (Å²) in [5, 5.41) is 11.1. The second-order valence-corrected chi connectivity index (χ2v) is 5.66. The van der Waals surface area contributed by atoms with Gasteiger partial charge in [-0.05, 0) is 19.1 Å². The fourth-order valence-electron chi connectivity index (χ4n) is 1.87. The van der Waals surface area contributed by atoms with Crippen LogP contribution in [0, 0.1) is 6.92 Å². The highest BCUT2D eigenvalue weighted by molar-refractivity contribution is 7.15. The van der Waals surface area contributed by atoms with Gasteiger partial charge in [0, 0.05) is 12.4 Å². The van der Waals surface area contributed by atoms with Crippen LogP contribution in [0.3, 0.4) is 0 Å². The first-order valence-corrected chi connectivity index (χ1v) is 7.42. The van der Waals surface area contributed by atoms with Crippen molar-refractivity contribution < 1.29 is 14.3 Å². The number of esters is 1. The van der Waals surface area contributed by atoms with E-state index < -0.39 is 18.5 Å². The fraction of sp³-hybridized carbons (Fsp3) is 0.143. The van der Waals surface area contributed by atoms with Gasteiger partial charge in [0.1, 0.15) is 10.5 Å². The van der Waals surface area contributed by atoms with Gasteiger partial charge in [-0.15, -0.1) is 10.2 Å². The molecule has 0 atom stereocenters. The van der Waals surface area contributed by atoms with E-state index in [1.807, 2.05) is 0 Å². The van der Waals surface area contributed by atoms with Crippen molar-refractivity contribution >= 4 is 39.4 Å². The number of nitrogens with one attached hydrogen (secondary N) is 1. The monoisotopic (exact) mass is 329 g/mol. The molecule has 3 aromatic rings. The number of carbonyl (C=O) groups is 2. The van der Waals surface area contributed by atoms with Gasteiger partial charge in [-0.2, -0.15) is 0 Å². The largest absolute Gasteiger partial charge is 0.452 e. The van der Waals surface area contributed by atoms with Crippen LogP contribution in [0.25, 0.3) is 11.0 Å². The minimum absolute atomic E-state index is 0.259. The van der Waals surface area contributed by atoms with E-state index in [0.717, 1.165) is 5.01 Å². The summed E-state index contributed by atoms with van der Waals surface area (Å²) in [5.41, 5.74) is 1.27. The molecule has 8 nitrogen and oxygen atoms in total. The number of ether oxygens (including phenoxy) is 1. The summed E-state index contributed by atoms with van der Waals surface area (Å²) in [4.78, 5) is 32.1. The van der Waals surface area contributed by atoms with Gasteiger partial charge in [0.25, 0.3) is 5.91 Å². The number of anilines is 1. The molecule has 3 rings (SSSR count). The number of para-hydroxylation sites is 1. The highest BCUT2D eigenvalue weighted by Gasteiger charge is 2.15. The number of aryl methyl sites for hydroxylation is 1. The quantitative estimate of drug-likeness (QED) is 0.724. The number of rotatable bonds is 4. The first-order valence-electron chi connectivity index (χ1n) is 6.60. The number of fused-ring (bicyclic) bond motifs is 1. The molecule has 9 heteroatoms. The zero-order valence-corrected chi connectivity index (χ0v) is 12.8. The third-order valence-electron chi connectivity index (χ3n) is 2.83. The number of hydrogen-bond acceptors (Lipinski definition) is 8. The second kappa shape index (κ2) is 6.44. The van der Waals surface area contributed by atoms with E-state index in [1.165, 1.54) is 23.7 Å². The van der Waals surface area contributed by atoms with Crippen molar-refractivity contribution in [3.63, 3.8) is 0 Å². The Labute approximate surface area is 134 Å². The van der Waals surface area contributed by atoms with Crippen LogP contribution in [0.15, 0.2) is 30.6 Å². The van der Waals surface area contributed by atoms with Crippen molar-refractivity contribution in [3.8, 4) is 0 Å². The van der Waals surface area contributed by atoms with Crippen LogP contribution in [0.2, 0.25) is 0 Å². The van der Waals surface area contributed by atoms with E-state index in [2.05, 4.69) is 25.5 Å². The van der Waals surface area contributed by atoms with E-state index in [1.54, 1.807) is 25.1 Å². The standard InChI is InChI=1S/C14H11N5O3S/c1-8-18-19-14(23-8)17-11(20)7-22-13(21)9-3-2-4-10-12(9)16-6-5-15-10/h2-6H,7H2,1H3,(H,17,19,20). The summed E-state index contributed by atoms with van der Waals surface area (Å²) in [6.07, 6.45) is 3.03. The van der Waals surface area contributed by atoms with Crippen LogP contribution in [0.1, 0.15) is 15.4 Å². The number of hydrogen-bond donors (Lipinski definition) is 1. The van der Waals surface area contributed by atoms with Crippen molar-refractivity contribution in [1.82, 2.24) is 20.2 Å². The van der Waals surface area contributed by atoms with Crippen LogP contribution in [0.4, 0.5) is 5.13 Å². The van der Waals surface area contributed by atoms with E-state index in [9.17, 15) is 9.59 Å². The Morgan fingerprint density at radius 1 is 1.22 bits per heavy atom. The molecule has 0 unspecified atom stereocenters. The van der Waals surface area contributed by atoms with E-state index >= 15 is 0 Å². The number of aromatic nitrogens is 4. The molecule has 2 heterocycles. The SMILES string of the molecule is Cc1nnc(NC(=O)COC(=O)c2cccc3nccnc23)s1. The molecule has 0 aliphatic heterocycles. The molecule has 0 aliphatic rings. The molecule has 0 bridgehead atoms. The molecule has 0 aliphatic carbocycles. The Balaban J connectivity index is 1.65. The Bertz CT molecular complexity index is 874. The summed E-state index contributed by atoms with van der Waals surface area (Å²) in [6.45, 7) is 1.35. The Kier molecular flexibility index (Phi) is 4.20. The predicted octanol–water partition coefficient (Wildman–Crippen LogP) is 1.59. The first kappa shape index (κ1) is 15.0. The molecular weight excluding hydrogens is 318 g/mol. The minimum Gasteiger partial charge on any atom is -0.452 e. The van der Waals surface area contributed by atoms with E-state index in [4.69, 9.17) is 4.74 Å². The average Bonchev–Trinajstić information content (AvgIpc) is 2.97. The maximum Gasteiger partial charge on any atom is 0.340 e. The lowest BCUT2D eigenvalue weighted by Crippen LogP contribution is -2.21. The van der Waals surface area contributed by atoms with Crippen molar-refractivity contribution in [2.24, 2.45) is 0 Å². The highest BCUT2D eigenvalue weighted by Crippen LogP contribution is 2.15. The predicted molar refractivity (Wildman–Crippen MR) is 83.1 cm³/mol. The number of amides is 1. The van der Waals surface area contributed by atoms with Gasteiger partial charge in [0.15, 0.2) is 6.61 Å². The summed E-state index contributed by atoms with van der Waals surface area (Å²) in [7, 11) is 0. The van der Waals surface area contributed by atoms with Crippen molar-refractivity contribution in [2.45, 2.75) is 6.92 Å². The molecule has 1 N–H and O–H groups in total. The van der Waals surface area contributed by atoms with Crippen LogP contribution in [-0.4, -0.2) is 38.6 Å². The molecule has 0 spiro atoms. The Morgan fingerprint density at radius 3 is 2.83 bits per heavy atom. The van der Waals surface area contributed by atoms with Crippen LogP contribution < -0.4 is 5.32 Å². The van der Waals surface area contributed by atoms with E-state index in [0.29, 0.717) is 16.2 Å². The smallest absolute Gasteiger partial charge is 0.340 e. The van der Waals surface area contributed by atoms with Crippen molar-refractivity contribution in [2.75, 3.05) is 11.9 Å². The van der Waals surface area contributed by atoms with Gasteiger partial charge in [-0.1, -0.05) is 17.4 Å². The lowest BCUT2D eigenvalue weighted by molar-refractivity contribution is -0.119. The minimum atomic E-state index is -0.639. The normalized spacial score (nSPS) is 10.5. The third-order valence-corrected chi connectivity index (χ3v) is 3.58. The molecule has 0 fully saturated rings. The zero-order valence-electron chi connectivity index (χ0n) is 12.0. The van der Waals surface area contributed by atoms with Gasteiger partial charge in [0.2, 0.25) is 5.13 Å². The highest BCUT2D eigenvalue weighted by atomic mass is 32.1. The van der Waals surface area contributed by atoms with Gasteiger partial charge < -0.3 is 4.74 Å². The number of carbonyl (C=O) groups excluding carboxylic acids is 2. The summed E-state index contributed by atoms with van der Waals surface area (Å²) in [6, 6.07) is 4.99. The van der Waals surface area contributed by atoms with Crippen LogP contribution >= 0.6 is 11.3 Å². The second-order valence-electron chi connectivity index (χ2n) is 4.48. The summed E-state index contributed by atoms with van der Waals surface area (Å²) < 4.78 is 5.01. The topological polar surface area (TPSA) is 107 Å². The maximum absolute atomic E-state index is 12.1. The van der Waals surface area contributed by atoms with Gasteiger partial charge in [-0.3, -0.25) is 20.1 Å². The molecule has 0 saturated heterocycles. The van der Waals surface area contributed by atoms with Crippen molar-refractivity contribution in [1.29, 1.82) is 0 Å². The molecular formula is C14H11N5O3S. The molecule has 0 radical (unpaired) electrons. The fourth-order valence-corrected chi connectivity index (χ4v) is 2.48.